The highest BCUT2D eigenvalue weighted by atomic mass is 32.1. The molecular formula is C22H25FN4OS. The smallest absolute Gasteiger partial charge is 0.146 e. The second-order valence-corrected chi connectivity index (χ2v) is 8.96. The van der Waals surface area contributed by atoms with Crippen LogP contribution in [0.15, 0.2) is 24.3 Å². The molecule has 0 N–H and O–H groups in total. The van der Waals surface area contributed by atoms with E-state index in [1.54, 1.807) is 0 Å². The van der Waals surface area contributed by atoms with E-state index >= 15 is 0 Å². The fourth-order valence-corrected chi connectivity index (χ4v) is 5.54. The molecule has 3 heterocycles. The van der Waals surface area contributed by atoms with Gasteiger partial charge in [0.2, 0.25) is 0 Å². The Balaban J connectivity index is 1.51. The third-order valence-electron chi connectivity index (χ3n) is 5.76. The number of ether oxygens (including phenoxy) is 1. The Hall–Kier alpha value is -2.09. The first kappa shape index (κ1) is 18.9. The zero-order valence-electron chi connectivity index (χ0n) is 16.7. The molecule has 5 rings (SSSR count). The molecule has 0 amide bonds. The zero-order valence-corrected chi connectivity index (χ0v) is 17.5. The van der Waals surface area contributed by atoms with Gasteiger partial charge in [-0.15, -0.1) is 11.3 Å². The summed E-state index contributed by atoms with van der Waals surface area (Å²) in [6.45, 7) is 4.82. The van der Waals surface area contributed by atoms with E-state index in [0.717, 1.165) is 67.7 Å². The number of benzene rings is 1. The van der Waals surface area contributed by atoms with Crippen LogP contribution in [0, 0.1) is 5.82 Å². The molecule has 7 heteroatoms. The van der Waals surface area contributed by atoms with Crippen molar-refractivity contribution in [3.8, 4) is 0 Å². The molecule has 0 saturated carbocycles. The standard InChI is InChI=1S/C22H25FN4OS/c1-26(13-15-5-7-16(23)8-6-15)21-20-17-3-2-4-18(17)29-22(20)25-19(24-21)14-27-9-11-28-12-10-27/h5-8H,2-4,9-14H2,1H3. The van der Waals surface area contributed by atoms with Gasteiger partial charge in [0, 0.05) is 31.6 Å². The van der Waals surface area contributed by atoms with Crippen LogP contribution in [-0.4, -0.2) is 48.2 Å². The summed E-state index contributed by atoms with van der Waals surface area (Å²) in [7, 11) is 2.07. The average molecular weight is 413 g/mol. The lowest BCUT2D eigenvalue weighted by Gasteiger charge is -2.26. The maximum atomic E-state index is 13.3. The van der Waals surface area contributed by atoms with Gasteiger partial charge in [0.15, 0.2) is 0 Å². The van der Waals surface area contributed by atoms with E-state index in [1.165, 1.54) is 34.4 Å². The second-order valence-electron chi connectivity index (χ2n) is 7.87. The average Bonchev–Trinajstić information content (AvgIpc) is 3.31. The number of anilines is 1. The van der Waals surface area contributed by atoms with Crippen LogP contribution in [0.4, 0.5) is 10.2 Å². The van der Waals surface area contributed by atoms with Crippen LogP contribution >= 0.6 is 11.3 Å². The quantitative estimate of drug-likeness (QED) is 0.638. The maximum absolute atomic E-state index is 13.3. The van der Waals surface area contributed by atoms with Crippen LogP contribution < -0.4 is 4.90 Å². The number of hydrogen-bond acceptors (Lipinski definition) is 6. The fraction of sp³-hybridized carbons (Fsp3) is 0.455. The molecule has 2 aromatic heterocycles. The number of hydrogen-bond donors (Lipinski definition) is 0. The molecule has 1 aliphatic carbocycles. The Kier molecular flexibility index (Phi) is 5.20. The lowest BCUT2D eigenvalue weighted by atomic mass is 10.1. The van der Waals surface area contributed by atoms with Crippen molar-refractivity contribution in [2.45, 2.75) is 32.4 Å². The Morgan fingerprint density at radius 3 is 2.72 bits per heavy atom. The molecule has 0 atom stereocenters. The largest absolute Gasteiger partial charge is 0.379 e. The molecule has 1 aromatic carbocycles. The van der Waals surface area contributed by atoms with Crippen LogP contribution in [0.5, 0.6) is 0 Å². The van der Waals surface area contributed by atoms with Crippen LogP contribution in [0.2, 0.25) is 0 Å². The molecule has 1 aliphatic heterocycles. The molecule has 0 unspecified atom stereocenters. The Morgan fingerprint density at radius 1 is 1.14 bits per heavy atom. The lowest BCUT2D eigenvalue weighted by Crippen LogP contribution is -2.36. The predicted molar refractivity (Wildman–Crippen MR) is 114 cm³/mol. The van der Waals surface area contributed by atoms with E-state index in [0.29, 0.717) is 6.54 Å². The van der Waals surface area contributed by atoms with E-state index in [1.807, 2.05) is 23.5 Å². The highest BCUT2D eigenvalue weighted by Crippen LogP contribution is 2.40. The van der Waals surface area contributed by atoms with Crippen molar-refractivity contribution >= 4 is 27.4 Å². The number of halogens is 1. The first-order valence-electron chi connectivity index (χ1n) is 10.2. The van der Waals surface area contributed by atoms with E-state index < -0.39 is 0 Å². The summed E-state index contributed by atoms with van der Waals surface area (Å²) in [5, 5.41) is 1.22. The lowest BCUT2D eigenvalue weighted by molar-refractivity contribution is 0.0331. The molecule has 0 spiro atoms. The number of aryl methyl sites for hydroxylation is 2. The third kappa shape index (κ3) is 3.86. The molecule has 0 bridgehead atoms. The van der Waals surface area contributed by atoms with Crippen molar-refractivity contribution in [3.63, 3.8) is 0 Å². The van der Waals surface area contributed by atoms with Crippen LogP contribution in [-0.2, 0) is 30.7 Å². The minimum absolute atomic E-state index is 0.204. The van der Waals surface area contributed by atoms with Crippen molar-refractivity contribution in [1.29, 1.82) is 0 Å². The highest BCUT2D eigenvalue weighted by Gasteiger charge is 2.24. The number of nitrogens with zero attached hydrogens (tertiary/aromatic N) is 4. The third-order valence-corrected chi connectivity index (χ3v) is 6.94. The topological polar surface area (TPSA) is 41.5 Å². The van der Waals surface area contributed by atoms with Gasteiger partial charge in [-0.1, -0.05) is 12.1 Å². The van der Waals surface area contributed by atoms with Crippen molar-refractivity contribution in [2.24, 2.45) is 0 Å². The first-order valence-corrected chi connectivity index (χ1v) is 11.1. The number of thiophene rings is 1. The van der Waals surface area contributed by atoms with E-state index in [4.69, 9.17) is 14.7 Å². The van der Waals surface area contributed by atoms with Crippen molar-refractivity contribution < 1.29 is 9.13 Å². The molecule has 1 saturated heterocycles. The fourth-order valence-electron chi connectivity index (χ4n) is 4.26. The molecular weight excluding hydrogens is 387 g/mol. The van der Waals surface area contributed by atoms with E-state index in [-0.39, 0.29) is 5.82 Å². The van der Waals surface area contributed by atoms with Gasteiger partial charge in [0.1, 0.15) is 22.3 Å². The number of aromatic nitrogens is 2. The Bertz CT molecular complexity index is 1010. The van der Waals surface area contributed by atoms with E-state index in [9.17, 15) is 4.39 Å². The molecule has 152 valence electrons. The van der Waals surface area contributed by atoms with Gasteiger partial charge < -0.3 is 9.64 Å². The van der Waals surface area contributed by atoms with Crippen molar-refractivity contribution in [2.75, 3.05) is 38.3 Å². The first-order chi connectivity index (χ1) is 14.2. The van der Waals surface area contributed by atoms with Crippen LogP contribution in [0.25, 0.3) is 10.2 Å². The monoisotopic (exact) mass is 412 g/mol. The molecule has 2 aliphatic rings. The molecule has 0 radical (unpaired) electrons. The number of morpholine rings is 1. The molecule has 5 nitrogen and oxygen atoms in total. The SMILES string of the molecule is CN(Cc1ccc(F)cc1)c1nc(CN2CCOCC2)nc2sc3c(c12)CCC3. The summed E-state index contributed by atoms with van der Waals surface area (Å²) in [6.07, 6.45) is 3.48. The minimum atomic E-state index is -0.204. The summed E-state index contributed by atoms with van der Waals surface area (Å²) in [6, 6.07) is 6.73. The highest BCUT2D eigenvalue weighted by molar-refractivity contribution is 7.19. The van der Waals surface area contributed by atoms with Crippen LogP contribution in [0.1, 0.15) is 28.2 Å². The van der Waals surface area contributed by atoms with Gasteiger partial charge in [-0.05, 0) is 42.5 Å². The van der Waals surface area contributed by atoms with Crippen molar-refractivity contribution in [1.82, 2.24) is 14.9 Å². The molecule has 29 heavy (non-hydrogen) atoms. The van der Waals surface area contributed by atoms with Gasteiger partial charge in [-0.2, -0.15) is 0 Å². The minimum Gasteiger partial charge on any atom is -0.379 e. The van der Waals surface area contributed by atoms with Crippen molar-refractivity contribution in [3.05, 3.63) is 51.9 Å². The van der Waals surface area contributed by atoms with Gasteiger partial charge in [-0.25, -0.2) is 14.4 Å². The number of rotatable bonds is 5. The Labute approximate surface area is 174 Å². The maximum Gasteiger partial charge on any atom is 0.146 e. The summed E-state index contributed by atoms with van der Waals surface area (Å²) in [5.41, 5.74) is 2.51. The predicted octanol–water partition coefficient (Wildman–Crippen LogP) is 3.79. The van der Waals surface area contributed by atoms with Gasteiger partial charge in [0.05, 0.1) is 25.1 Å². The van der Waals surface area contributed by atoms with Crippen LogP contribution in [0.3, 0.4) is 0 Å². The normalized spacial score (nSPS) is 17.0. The second kappa shape index (κ2) is 7.97. The molecule has 3 aromatic rings. The van der Waals surface area contributed by atoms with E-state index in [2.05, 4.69) is 16.8 Å². The molecule has 1 fully saturated rings. The summed E-state index contributed by atoms with van der Waals surface area (Å²) >= 11 is 1.83. The van der Waals surface area contributed by atoms with Gasteiger partial charge in [0.25, 0.3) is 0 Å². The summed E-state index contributed by atoms with van der Waals surface area (Å²) in [5.74, 6) is 1.67. The summed E-state index contributed by atoms with van der Waals surface area (Å²) in [4.78, 5) is 17.1. The van der Waals surface area contributed by atoms with Gasteiger partial charge in [-0.3, -0.25) is 4.90 Å². The number of fused-ring (bicyclic) bond motifs is 3. The zero-order chi connectivity index (χ0) is 19.8. The van der Waals surface area contributed by atoms with Gasteiger partial charge >= 0.3 is 0 Å². The summed E-state index contributed by atoms with van der Waals surface area (Å²) < 4.78 is 18.8. The Morgan fingerprint density at radius 2 is 1.93 bits per heavy atom.